The third-order valence-electron chi connectivity index (χ3n) is 14.7. The lowest BCUT2D eigenvalue weighted by Crippen LogP contribution is -2.71. The number of rotatable bonds is 20. The molecule has 416 valence electrons. The first-order chi connectivity index (χ1) is 41.2. The lowest BCUT2D eigenvalue weighted by atomic mass is 9.77. The first kappa shape index (κ1) is 54.8. The van der Waals surface area contributed by atoms with Gasteiger partial charge in [0.15, 0.2) is 40.7 Å². The molecule has 15 nitrogen and oxygen atoms in total. The number of pyridine rings is 1. The fraction of sp³-hybridized carbons (Fsp3) is 0.121. The van der Waals surface area contributed by atoms with Gasteiger partial charge in [0.05, 0.1) is 7.11 Å². The Kier molecular flexibility index (Phi) is 15.9. The number of carbonyl (C=O) groups is 3. The Morgan fingerprint density at radius 3 is 1.73 bits per heavy atom. The third kappa shape index (κ3) is 10.9. The van der Waals surface area contributed by atoms with E-state index in [-0.39, 0.29) is 30.3 Å². The molecule has 18 heteroatoms. The summed E-state index contributed by atoms with van der Waals surface area (Å²) in [5.74, 6) is -0.416. The van der Waals surface area contributed by atoms with E-state index >= 15 is 4.79 Å². The Hall–Kier alpha value is -9.75. The minimum atomic E-state index is -1.38. The summed E-state index contributed by atoms with van der Waals surface area (Å²) < 4.78 is 17.6. The molecule has 2 atom stereocenters. The van der Waals surface area contributed by atoms with E-state index in [1.807, 2.05) is 187 Å². The number of thiazole rings is 1. The highest BCUT2D eigenvalue weighted by atomic mass is 32.2. The average molecular weight is 1170 g/mol. The number of nitrogens with two attached hydrogens (primary N) is 1. The molecule has 0 bridgehead atoms. The maximum Gasteiger partial charge on any atom is 0.355 e. The quantitative estimate of drug-likeness (QED) is 0.0164. The van der Waals surface area contributed by atoms with Gasteiger partial charge in [0.1, 0.15) is 40.7 Å². The van der Waals surface area contributed by atoms with E-state index in [2.05, 4.69) is 56.4 Å². The van der Waals surface area contributed by atoms with Crippen LogP contribution in [-0.4, -0.2) is 67.0 Å². The lowest BCUT2D eigenvalue weighted by Gasteiger charge is -2.49. The highest BCUT2D eigenvalue weighted by Gasteiger charge is 2.55. The summed E-state index contributed by atoms with van der Waals surface area (Å²) in [6, 6.07) is 69.4. The Morgan fingerprint density at radius 1 is 0.702 bits per heavy atom. The minimum absolute atomic E-state index is 0.0604. The van der Waals surface area contributed by atoms with E-state index in [4.69, 9.17) is 30.2 Å². The van der Waals surface area contributed by atoms with Gasteiger partial charge in [-0.2, -0.15) is 9.36 Å². The van der Waals surface area contributed by atoms with Gasteiger partial charge in [-0.15, -0.1) is 23.1 Å². The zero-order chi connectivity index (χ0) is 57.5. The normalized spacial score (nSPS) is 15.1. The second-order valence-electron chi connectivity index (χ2n) is 19.8. The molecule has 2 amide bonds. The number of hydrogen-bond acceptors (Lipinski definition) is 15. The number of methoxy groups -OCH3 is 1. The molecular formula is C66H54N9O6S3+. The zero-order valence-electron chi connectivity index (χ0n) is 45.2. The van der Waals surface area contributed by atoms with Crippen LogP contribution in [-0.2, 0) is 48.2 Å². The molecule has 2 aliphatic heterocycles. The molecule has 12 rings (SSSR count). The number of oxime groups is 1. The predicted octanol–water partition coefficient (Wildman–Crippen LogP) is 10.8. The van der Waals surface area contributed by atoms with Crippen LogP contribution < -0.4 is 25.7 Å². The van der Waals surface area contributed by atoms with Gasteiger partial charge in [-0.25, -0.2) is 14.3 Å². The molecule has 3 aromatic heterocycles. The van der Waals surface area contributed by atoms with Gasteiger partial charge in [-0.1, -0.05) is 199 Å². The second kappa shape index (κ2) is 24.4. The van der Waals surface area contributed by atoms with Crippen LogP contribution in [0.5, 0.6) is 5.75 Å². The number of hydrogen-bond donors (Lipinski definition) is 3. The van der Waals surface area contributed by atoms with Gasteiger partial charge >= 0.3 is 5.97 Å². The highest BCUT2D eigenvalue weighted by molar-refractivity contribution is 8.00. The van der Waals surface area contributed by atoms with Crippen LogP contribution in [0.15, 0.2) is 253 Å². The van der Waals surface area contributed by atoms with Gasteiger partial charge in [0.2, 0.25) is 5.60 Å². The van der Waals surface area contributed by atoms with E-state index in [1.54, 1.807) is 24.6 Å². The highest BCUT2D eigenvalue weighted by Crippen LogP contribution is 2.44. The van der Waals surface area contributed by atoms with Crippen molar-refractivity contribution in [1.82, 2.24) is 24.6 Å². The largest absolute Gasteiger partial charge is 0.497 e. The van der Waals surface area contributed by atoms with Crippen molar-refractivity contribution in [3.63, 3.8) is 0 Å². The Labute approximate surface area is 497 Å². The molecule has 0 unspecified atom stereocenters. The number of esters is 1. The van der Waals surface area contributed by atoms with E-state index < -0.39 is 40.3 Å². The molecule has 5 heterocycles. The number of carbonyl (C=O) groups excluding carboxylic acids is 3. The van der Waals surface area contributed by atoms with Crippen molar-refractivity contribution in [2.24, 2.45) is 5.16 Å². The smallest absolute Gasteiger partial charge is 0.355 e. The van der Waals surface area contributed by atoms with Crippen molar-refractivity contribution in [2.75, 3.05) is 23.9 Å². The molecule has 1 saturated heterocycles. The van der Waals surface area contributed by atoms with Gasteiger partial charge in [0.25, 0.3) is 11.8 Å². The second-order valence-corrected chi connectivity index (χ2v) is 22.5. The molecule has 1 fully saturated rings. The van der Waals surface area contributed by atoms with Gasteiger partial charge in [-0.3, -0.25) is 14.5 Å². The number of benzene rings is 7. The Balaban J connectivity index is 0.917. The topological polar surface area (TPSA) is 187 Å². The van der Waals surface area contributed by atoms with Crippen molar-refractivity contribution < 1.29 is 33.3 Å². The summed E-state index contributed by atoms with van der Waals surface area (Å²) in [7, 11) is 1.58. The summed E-state index contributed by atoms with van der Waals surface area (Å²) in [5.41, 5.74) is 10.9. The number of amides is 2. The van der Waals surface area contributed by atoms with Gasteiger partial charge in [0, 0.05) is 62.6 Å². The van der Waals surface area contributed by atoms with E-state index in [0.29, 0.717) is 33.2 Å². The van der Waals surface area contributed by atoms with Crippen LogP contribution >= 0.6 is 34.6 Å². The van der Waals surface area contributed by atoms with E-state index in [1.165, 1.54) is 28.0 Å². The summed E-state index contributed by atoms with van der Waals surface area (Å²) >= 11 is 3.84. The van der Waals surface area contributed by atoms with Crippen LogP contribution in [0.2, 0.25) is 0 Å². The maximum atomic E-state index is 15.5. The van der Waals surface area contributed by atoms with Crippen molar-refractivity contribution in [3.05, 3.63) is 292 Å². The number of nitrogen functional groups attached to an aromatic ring is 1. The molecular weight excluding hydrogens is 1110 g/mol. The molecule has 84 heavy (non-hydrogen) atoms. The standard InChI is InChI=1S/C66H53N9O6S3/c1-79-53-34-32-44(33-35-53)41-80-62(78)57-46(40-74-38-36-45(37-39-74)58-70-63(67)84-73-58)42-82-61-56(60(77)75(57)61)69-59(76)55(72-81-66(50-26-14-5-15-27-50,51-28-16-6-17-29-51)52-30-18-7-19-31-52)54-43-83-64(68-54)71-65(47-20-8-2-9-21-47,48-22-10-3-11-23-48)49-24-12-4-13-25-49/h2-39,43,56,61H,40-42H2,1H3,(H3-,67,68,69,70,71,73,76)/p+1/t56-,61+/m1/s1. The molecule has 0 radical (unpaired) electrons. The van der Waals surface area contributed by atoms with Crippen molar-refractivity contribution >= 4 is 68.4 Å². The van der Waals surface area contributed by atoms with E-state index in [9.17, 15) is 9.59 Å². The van der Waals surface area contributed by atoms with Gasteiger partial charge < -0.3 is 30.7 Å². The number of nitrogens with one attached hydrogen (secondary N) is 2. The zero-order valence-corrected chi connectivity index (χ0v) is 47.7. The number of β-lactam (4-membered cyclic amide) rings is 1. The summed E-state index contributed by atoms with van der Waals surface area (Å²) in [5, 5.41) is 13.7. The molecule has 10 aromatic rings. The van der Waals surface area contributed by atoms with Crippen molar-refractivity contribution in [2.45, 2.75) is 35.7 Å². The van der Waals surface area contributed by atoms with Crippen LogP contribution in [0.3, 0.4) is 0 Å². The number of nitrogens with zero attached hydrogens (tertiary/aromatic N) is 6. The molecule has 7 aromatic carbocycles. The number of aromatic nitrogens is 4. The summed E-state index contributed by atoms with van der Waals surface area (Å²) in [6.07, 6.45) is 3.71. The van der Waals surface area contributed by atoms with Crippen molar-refractivity contribution in [3.8, 4) is 17.1 Å². The number of thioether (sulfide) groups is 1. The van der Waals surface area contributed by atoms with Crippen LogP contribution in [0.4, 0.5) is 10.3 Å². The molecule has 0 aliphatic carbocycles. The number of anilines is 2. The molecule has 0 spiro atoms. The van der Waals surface area contributed by atoms with Crippen molar-refractivity contribution in [1.29, 1.82) is 0 Å². The van der Waals surface area contributed by atoms with Gasteiger partial charge in [-0.05, 0) is 34.4 Å². The summed E-state index contributed by atoms with van der Waals surface area (Å²) in [6.45, 7) is 0.190. The van der Waals surface area contributed by atoms with E-state index in [0.717, 1.165) is 56.0 Å². The fourth-order valence-corrected chi connectivity index (χ4v) is 13.1. The molecule has 4 N–H and O–H groups in total. The monoisotopic (exact) mass is 1160 g/mol. The molecule has 0 saturated carbocycles. The van der Waals surface area contributed by atoms with Crippen LogP contribution in [0, 0.1) is 0 Å². The maximum absolute atomic E-state index is 15.5. The Bertz CT molecular complexity index is 3790. The first-order valence-corrected chi connectivity index (χ1v) is 29.6. The summed E-state index contributed by atoms with van der Waals surface area (Å²) in [4.78, 5) is 62.9. The first-order valence-electron chi connectivity index (χ1n) is 26.9. The average Bonchev–Trinajstić information content (AvgIpc) is 4.32. The Morgan fingerprint density at radius 2 is 1.23 bits per heavy atom. The SMILES string of the molecule is COc1ccc(COC(=O)C2=C(C[n+]3ccc(-c4nsc(N)n4)cc3)CS[C@H]3[C@H](NC(=O)C(=NOC(c4ccccc4)(c4ccccc4)c4ccccc4)c4csc(NC(c5ccccc5)(c5ccccc5)c5ccccc5)n4)C(=O)N23)cc1. The lowest BCUT2D eigenvalue weighted by molar-refractivity contribution is -0.689. The fourth-order valence-electron chi connectivity index (χ4n) is 10.6. The third-order valence-corrected chi connectivity index (χ3v) is 17.4. The van der Waals surface area contributed by atoms with Crippen LogP contribution in [0.1, 0.15) is 44.6 Å². The number of fused-ring (bicyclic) bond motifs is 1. The molecule has 2 aliphatic rings. The minimum Gasteiger partial charge on any atom is -0.497 e. The predicted molar refractivity (Wildman–Crippen MR) is 327 cm³/mol. The van der Waals surface area contributed by atoms with Crippen LogP contribution in [0.25, 0.3) is 11.4 Å². The number of ether oxygens (including phenoxy) is 2.